The number of aromatic nitrogens is 1. The van der Waals surface area contributed by atoms with Gasteiger partial charge in [0.25, 0.3) is 6.01 Å². The minimum Gasteiger partial charge on any atom is -0.486 e. The minimum atomic E-state index is 0.499. The van der Waals surface area contributed by atoms with Gasteiger partial charge in [-0.1, -0.05) is 0 Å². The molecular formula is C13H14N2O3. The van der Waals surface area contributed by atoms with Crippen LogP contribution >= 0.6 is 0 Å². The number of hydrogen-bond acceptors (Lipinski definition) is 5. The molecule has 2 heterocycles. The third-order valence-electron chi connectivity index (χ3n) is 2.87. The van der Waals surface area contributed by atoms with Gasteiger partial charge in [0.2, 0.25) is 0 Å². The molecule has 1 aliphatic rings. The van der Waals surface area contributed by atoms with Crippen LogP contribution < -0.4 is 14.8 Å². The smallest absolute Gasteiger partial charge is 0.294 e. The van der Waals surface area contributed by atoms with E-state index in [1.165, 1.54) is 0 Å². The highest BCUT2D eigenvalue weighted by Gasteiger charge is 2.17. The molecule has 0 amide bonds. The Bertz CT molecular complexity index is 578. The summed E-state index contributed by atoms with van der Waals surface area (Å²) in [4.78, 5) is 4.11. The van der Waals surface area contributed by atoms with Crippen molar-refractivity contribution in [3.63, 3.8) is 0 Å². The van der Waals surface area contributed by atoms with E-state index in [1.54, 1.807) is 13.2 Å². The average molecular weight is 246 g/mol. The number of nitrogens with zero attached hydrogens (tertiary/aromatic N) is 1. The molecule has 2 aromatic rings. The maximum Gasteiger partial charge on any atom is 0.294 e. The summed E-state index contributed by atoms with van der Waals surface area (Å²) in [7, 11) is 1.77. The van der Waals surface area contributed by atoms with Crippen LogP contribution in [-0.4, -0.2) is 25.2 Å². The number of anilines is 1. The van der Waals surface area contributed by atoms with Gasteiger partial charge in [-0.15, -0.1) is 0 Å². The van der Waals surface area contributed by atoms with Crippen molar-refractivity contribution >= 4 is 6.01 Å². The molecule has 18 heavy (non-hydrogen) atoms. The molecule has 5 heteroatoms. The predicted molar refractivity (Wildman–Crippen MR) is 67.2 cm³/mol. The molecular weight excluding hydrogens is 232 g/mol. The highest BCUT2D eigenvalue weighted by molar-refractivity contribution is 5.67. The first-order valence-electron chi connectivity index (χ1n) is 5.82. The third kappa shape index (κ3) is 1.77. The summed E-state index contributed by atoms with van der Waals surface area (Å²) in [5.74, 6) is 2.26. The van der Waals surface area contributed by atoms with Gasteiger partial charge in [-0.05, 0) is 24.6 Å². The number of hydrogen-bond donors (Lipinski definition) is 1. The molecule has 3 rings (SSSR count). The highest BCUT2D eigenvalue weighted by Crippen LogP contribution is 2.37. The maximum atomic E-state index is 5.57. The Morgan fingerprint density at radius 3 is 2.56 bits per heavy atom. The van der Waals surface area contributed by atoms with E-state index in [0.29, 0.717) is 25.0 Å². The van der Waals surface area contributed by atoms with E-state index in [-0.39, 0.29) is 0 Å². The zero-order valence-corrected chi connectivity index (χ0v) is 10.3. The van der Waals surface area contributed by atoms with E-state index in [9.17, 15) is 0 Å². The summed E-state index contributed by atoms with van der Waals surface area (Å²) < 4.78 is 16.7. The second kappa shape index (κ2) is 4.25. The summed E-state index contributed by atoms with van der Waals surface area (Å²) in [6, 6.07) is 4.40. The second-order valence-corrected chi connectivity index (χ2v) is 4.09. The van der Waals surface area contributed by atoms with E-state index < -0.39 is 0 Å². The maximum absolute atomic E-state index is 5.57. The largest absolute Gasteiger partial charge is 0.486 e. The van der Waals surface area contributed by atoms with Crippen molar-refractivity contribution in [3.8, 4) is 22.8 Å². The van der Waals surface area contributed by atoms with Gasteiger partial charge in [-0.2, -0.15) is 0 Å². The lowest BCUT2D eigenvalue weighted by molar-refractivity contribution is 0.171. The van der Waals surface area contributed by atoms with Crippen molar-refractivity contribution in [1.29, 1.82) is 0 Å². The Kier molecular flexibility index (Phi) is 2.59. The van der Waals surface area contributed by atoms with Crippen molar-refractivity contribution < 1.29 is 13.9 Å². The van der Waals surface area contributed by atoms with Crippen molar-refractivity contribution in [2.45, 2.75) is 6.92 Å². The van der Waals surface area contributed by atoms with Crippen LogP contribution in [0.3, 0.4) is 0 Å². The van der Waals surface area contributed by atoms with Crippen molar-refractivity contribution in [2.75, 3.05) is 25.6 Å². The monoisotopic (exact) mass is 246 g/mol. The molecule has 1 aromatic carbocycles. The molecule has 0 radical (unpaired) electrons. The van der Waals surface area contributed by atoms with Gasteiger partial charge >= 0.3 is 0 Å². The van der Waals surface area contributed by atoms with Crippen LogP contribution in [0.1, 0.15) is 5.56 Å². The number of benzene rings is 1. The third-order valence-corrected chi connectivity index (χ3v) is 2.87. The molecule has 1 aromatic heterocycles. The molecule has 0 saturated carbocycles. The number of nitrogens with one attached hydrogen (secondary N) is 1. The molecule has 0 atom stereocenters. The number of rotatable bonds is 2. The highest BCUT2D eigenvalue weighted by atomic mass is 16.6. The molecule has 0 fully saturated rings. The number of oxazole rings is 1. The zero-order valence-electron chi connectivity index (χ0n) is 10.3. The Balaban J connectivity index is 2.06. The van der Waals surface area contributed by atoms with Gasteiger partial charge in [0.1, 0.15) is 13.2 Å². The van der Waals surface area contributed by atoms with Crippen molar-refractivity contribution in [2.24, 2.45) is 0 Å². The zero-order chi connectivity index (χ0) is 12.5. The summed E-state index contributed by atoms with van der Waals surface area (Å²) in [6.07, 6.45) is 1.70. The molecule has 5 nitrogen and oxygen atoms in total. The first-order valence-corrected chi connectivity index (χ1v) is 5.82. The van der Waals surface area contributed by atoms with Crippen LogP contribution in [-0.2, 0) is 0 Å². The quantitative estimate of drug-likeness (QED) is 0.882. The van der Waals surface area contributed by atoms with Crippen LogP contribution in [0, 0.1) is 6.92 Å². The molecule has 94 valence electrons. The van der Waals surface area contributed by atoms with Crippen LogP contribution in [0.15, 0.2) is 22.7 Å². The molecule has 1 N–H and O–H groups in total. The van der Waals surface area contributed by atoms with Crippen LogP contribution in [0.4, 0.5) is 6.01 Å². The predicted octanol–water partition coefficient (Wildman–Crippen LogP) is 2.46. The van der Waals surface area contributed by atoms with Crippen molar-refractivity contribution in [1.82, 2.24) is 4.98 Å². The topological polar surface area (TPSA) is 56.5 Å². The minimum absolute atomic E-state index is 0.499. The van der Waals surface area contributed by atoms with Gasteiger partial charge in [0, 0.05) is 12.6 Å². The fourth-order valence-corrected chi connectivity index (χ4v) is 1.97. The van der Waals surface area contributed by atoms with Gasteiger partial charge in [0.05, 0.1) is 6.20 Å². The first kappa shape index (κ1) is 11.0. The van der Waals surface area contributed by atoms with E-state index in [0.717, 1.165) is 22.6 Å². The van der Waals surface area contributed by atoms with Gasteiger partial charge < -0.3 is 19.2 Å². The van der Waals surface area contributed by atoms with E-state index in [4.69, 9.17) is 13.9 Å². The van der Waals surface area contributed by atoms with Crippen LogP contribution in [0.2, 0.25) is 0 Å². The molecule has 1 aliphatic heterocycles. The summed E-state index contributed by atoms with van der Waals surface area (Å²) in [6.45, 7) is 3.18. The summed E-state index contributed by atoms with van der Waals surface area (Å²) in [5, 5.41) is 2.87. The average Bonchev–Trinajstić information content (AvgIpc) is 2.86. The molecule has 0 bridgehead atoms. The molecule has 0 aliphatic carbocycles. The van der Waals surface area contributed by atoms with Gasteiger partial charge in [-0.25, -0.2) is 4.98 Å². The van der Waals surface area contributed by atoms with E-state index in [2.05, 4.69) is 10.3 Å². The standard InChI is InChI=1S/C13H14N2O3/c1-8-5-10-11(17-4-3-16-10)6-9(8)12-7-15-13(14-2)18-12/h5-7H,3-4H2,1-2H3,(H,14,15). The first-order chi connectivity index (χ1) is 8.78. The number of ether oxygens (including phenoxy) is 2. The lowest BCUT2D eigenvalue weighted by atomic mass is 10.1. The summed E-state index contributed by atoms with van der Waals surface area (Å²) >= 11 is 0. The van der Waals surface area contributed by atoms with Crippen LogP contribution in [0.5, 0.6) is 11.5 Å². The van der Waals surface area contributed by atoms with Crippen LogP contribution in [0.25, 0.3) is 11.3 Å². The SMILES string of the molecule is CNc1ncc(-c2cc3c(cc2C)OCCO3)o1. The Labute approximate surface area is 105 Å². The summed E-state index contributed by atoms with van der Waals surface area (Å²) in [5.41, 5.74) is 2.03. The second-order valence-electron chi connectivity index (χ2n) is 4.09. The Morgan fingerprint density at radius 2 is 1.89 bits per heavy atom. The van der Waals surface area contributed by atoms with Gasteiger partial charge in [0.15, 0.2) is 17.3 Å². The van der Waals surface area contributed by atoms with Gasteiger partial charge in [-0.3, -0.25) is 0 Å². The van der Waals surface area contributed by atoms with Crippen molar-refractivity contribution in [3.05, 3.63) is 23.9 Å². The normalized spacial score (nSPS) is 13.4. The lowest BCUT2D eigenvalue weighted by Gasteiger charge is -2.19. The number of aryl methyl sites for hydroxylation is 1. The Morgan fingerprint density at radius 1 is 1.17 bits per heavy atom. The number of fused-ring (bicyclic) bond motifs is 1. The fraction of sp³-hybridized carbons (Fsp3) is 0.308. The molecule has 0 spiro atoms. The molecule has 0 saturated heterocycles. The van der Waals surface area contributed by atoms with E-state index in [1.807, 2.05) is 19.1 Å². The lowest BCUT2D eigenvalue weighted by Crippen LogP contribution is -2.15. The molecule has 0 unspecified atom stereocenters. The van der Waals surface area contributed by atoms with E-state index >= 15 is 0 Å². The Hall–Kier alpha value is -2.17. The fourth-order valence-electron chi connectivity index (χ4n) is 1.97.